The first-order valence-corrected chi connectivity index (χ1v) is 18.1. The van der Waals surface area contributed by atoms with Crippen molar-refractivity contribution >= 4 is 39.5 Å². The van der Waals surface area contributed by atoms with Gasteiger partial charge in [-0.05, 0) is 73.9 Å². The third-order valence-corrected chi connectivity index (χ3v) is 10.5. The predicted molar refractivity (Wildman–Crippen MR) is 181 cm³/mol. The highest BCUT2D eigenvalue weighted by Gasteiger charge is 2.40. The van der Waals surface area contributed by atoms with Crippen LogP contribution in [0.3, 0.4) is 0 Å². The molecule has 1 amide bonds. The van der Waals surface area contributed by atoms with Crippen molar-refractivity contribution in [3.05, 3.63) is 99.4 Å². The summed E-state index contributed by atoms with van der Waals surface area (Å²) in [4.78, 5) is 36.3. The second-order valence-corrected chi connectivity index (χ2v) is 14.8. The van der Waals surface area contributed by atoms with Gasteiger partial charge in [-0.1, -0.05) is 6.08 Å². The molecule has 13 heteroatoms. The largest absolute Gasteiger partial charge is 0.474 e. The van der Waals surface area contributed by atoms with Crippen LogP contribution in [0.1, 0.15) is 44.2 Å². The van der Waals surface area contributed by atoms with E-state index in [9.17, 15) is 13.2 Å². The fourth-order valence-electron chi connectivity index (χ4n) is 6.61. The highest BCUT2D eigenvalue weighted by Crippen LogP contribution is 2.39. The van der Waals surface area contributed by atoms with Crippen LogP contribution >= 0.6 is 0 Å². The highest BCUT2D eigenvalue weighted by molar-refractivity contribution is 7.94. The lowest BCUT2D eigenvalue weighted by Crippen LogP contribution is -2.44. The van der Waals surface area contributed by atoms with Gasteiger partial charge in [-0.15, -0.1) is 0 Å². The van der Waals surface area contributed by atoms with Gasteiger partial charge in [0.25, 0.3) is 0 Å². The van der Waals surface area contributed by atoms with Crippen molar-refractivity contribution in [3.63, 3.8) is 0 Å². The van der Waals surface area contributed by atoms with Gasteiger partial charge in [-0.25, -0.2) is 33.2 Å². The van der Waals surface area contributed by atoms with Gasteiger partial charge < -0.3 is 24.7 Å². The Morgan fingerprint density at radius 1 is 0.958 bits per heavy atom. The summed E-state index contributed by atoms with van der Waals surface area (Å²) in [6.45, 7) is 1.09. The van der Waals surface area contributed by atoms with Crippen LogP contribution in [0.5, 0.6) is 5.88 Å². The Bertz CT molecular complexity index is 2140. The summed E-state index contributed by atoms with van der Waals surface area (Å²) in [5, 5.41) is 5.23. The molecule has 2 N–H and O–H groups in total. The molecule has 0 spiro atoms. The van der Waals surface area contributed by atoms with Crippen LogP contribution in [0.15, 0.2) is 93.0 Å². The fourth-order valence-corrected chi connectivity index (χ4v) is 7.64. The monoisotopic (exact) mass is 665 g/mol. The van der Waals surface area contributed by atoms with E-state index in [0.717, 1.165) is 35.7 Å². The van der Waals surface area contributed by atoms with E-state index >= 15 is 0 Å². The first-order chi connectivity index (χ1) is 23.2. The van der Waals surface area contributed by atoms with Gasteiger partial charge in [-0.3, -0.25) is 0 Å². The first kappa shape index (κ1) is 30.3. The summed E-state index contributed by atoms with van der Waals surface area (Å²) in [5.41, 5.74) is 2.54. The lowest BCUT2D eigenvalue weighted by molar-refractivity contribution is 0.0145. The van der Waals surface area contributed by atoms with Crippen molar-refractivity contribution < 1.29 is 22.7 Å². The Morgan fingerprint density at radius 3 is 2.44 bits per heavy atom. The third-order valence-electron chi connectivity index (χ3n) is 9.32. The normalized spacial score (nSPS) is 23.7. The summed E-state index contributed by atoms with van der Waals surface area (Å²) in [7, 11) is -3.71. The maximum Gasteiger partial charge on any atom is 0.410 e. The van der Waals surface area contributed by atoms with E-state index in [0.29, 0.717) is 66.7 Å². The van der Waals surface area contributed by atoms with Crippen molar-refractivity contribution in [3.8, 4) is 5.88 Å². The predicted octanol–water partition coefficient (Wildman–Crippen LogP) is 2.85. The lowest BCUT2D eigenvalue weighted by Gasteiger charge is -2.34. The molecule has 2 aromatic rings. The van der Waals surface area contributed by atoms with Gasteiger partial charge in [0.15, 0.2) is 9.84 Å². The molecule has 5 aliphatic heterocycles. The molecular formula is C35H35N7O5S. The fraction of sp³-hybridized carbons (Fsp3) is 0.343. The van der Waals surface area contributed by atoms with E-state index in [2.05, 4.69) is 25.3 Å². The summed E-state index contributed by atoms with van der Waals surface area (Å²) >= 11 is 0. The average Bonchev–Trinajstić information content (AvgIpc) is 3.85. The zero-order chi connectivity index (χ0) is 32.9. The second kappa shape index (κ2) is 11.9. The number of fused-ring (bicyclic) bond motifs is 6. The zero-order valence-corrected chi connectivity index (χ0v) is 27.2. The van der Waals surface area contributed by atoms with Crippen molar-refractivity contribution in [2.75, 3.05) is 19.3 Å². The summed E-state index contributed by atoms with van der Waals surface area (Å²) in [6, 6.07) is 5.70. The Balaban J connectivity index is 1.11. The molecule has 7 heterocycles. The number of sulfone groups is 1. The Morgan fingerprint density at radius 2 is 1.71 bits per heavy atom. The quantitative estimate of drug-likeness (QED) is 0.495. The van der Waals surface area contributed by atoms with E-state index < -0.39 is 15.4 Å². The number of allylic oxidation sites excluding steroid dienone is 4. The number of ether oxygens (including phenoxy) is 2. The minimum Gasteiger partial charge on any atom is -0.474 e. The van der Waals surface area contributed by atoms with Crippen molar-refractivity contribution in [2.45, 2.75) is 56.3 Å². The van der Waals surface area contributed by atoms with Gasteiger partial charge in [0.2, 0.25) is 5.88 Å². The molecule has 1 saturated carbocycles. The van der Waals surface area contributed by atoms with E-state index in [-0.39, 0.29) is 23.2 Å². The third kappa shape index (κ3) is 6.05. The van der Waals surface area contributed by atoms with Gasteiger partial charge in [-0.2, -0.15) is 0 Å². The van der Waals surface area contributed by atoms with Crippen LogP contribution in [-0.4, -0.2) is 77.3 Å². The molecule has 246 valence electrons. The van der Waals surface area contributed by atoms with Gasteiger partial charge in [0, 0.05) is 55.4 Å². The molecule has 1 atom stereocenters. The summed E-state index contributed by atoms with van der Waals surface area (Å²) in [6.07, 6.45) is 22.1. The number of likely N-dealkylation sites (tertiary alicyclic amines) is 1. The summed E-state index contributed by atoms with van der Waals surface area (Å²) < 4.78 is 38.5. The topological polar surface area (TPSA) is 151 Å². The Labute approximate surface area is 277 Å². The smallest absolute Gasteiger partial charge is 0.410 e. The van der Waals surface area contributed by atoms with Crippen LogP contribution in [0.25, 0.3) is 12.2 Å². The lowest BCUT2D eigenvalue weighted by atomic mass is 9.91. The number of aliphatic imine (C=N–C) groups is 2. The molecule has 2 fully saturated rings. The number of amides is 1. The number of hydrogen-bond donors (Lipinski definition) is 2. The van der Waals surface area contributed by atoms with Crippen LogP contribution in [0.2, 0.25) is 0 Å². The number of rotatable bonds is 5. The van der Waals surface area contributed by atoms with Gasteiger partial charge >= 0.3 is 6.09 Å². The van der Waals surface area contributed by atoms with Crippen LogP contribution in [0.4, 0.5) is 4.79 Å². The minimum atomic E-state index is -3.71. The summed E-state index contributed by atoms with van der Waals surface area (Å²) in [5.74, 6) is 0.401. The first-order valence-electron chi connectivity index (χ1n) is 16.2. The zero-order valence-electron chi connectivity index (χ0n) is 26.4. The number of carbonyl (C=O) groups excluding carboxylic acids is 1. The number of H-pyrrole nitrogens is 1. The number of piperidine rings is 1. The molecule has 6 aliphatic rings. The van der Waals surface area contributed by atoms with Crippen molar-refractivity contribution in [1.29, 1.82) is 0 Å². The number of hydrogen-bond acceptors (Lipinski definition) is 10. The molecule has 12 nitrogen and oxygen atoms in total. The SMILES string of the molecule is CS(=O)(=O)C1=C2C=CC(=N2)C=c2ccc([nH]2)=CC2=NC(=CC3(c4cc(OC5CCN(C(=O)OC6CCC6)CC5)ncn4)CC=C1N3)C=C2. The van der Waals surface area contributed by atoms with Gasteiger partial charge in [0.1, 0.15) is 29.0 Å². The molecule has 2 aromatic heterocycles. The molecule has 8 bridgehead atoms. The second-order valence-electron chi connectivity index (χ2n) is 12.9. The average molecular weight is 666 g/mol. The molecule has 8 rings (SSSR count). The highest BCUT2D eigenvalue weighted by atomic mass is 32.2. The van der Waals surface area contributed by atoms with Crippen molar-refractivity contribution in [2.24, 2.45) is 9.98 Å². The number of nitrogens with zero attached hydrogens (tertiary/aromatic N) is 5. The standard InChI is InChI=1S/C35H35N7O5S/c1-48(44,45)33-29-10-9-25(40-29)18-23-6-5-22(38-23)17-24-7-8-26(39-24)20-35(14-11-30(33)41-35)31-19-32(37-21-36-31)46-28-12-15-42(16-13-28)34(43)47-27-3-2-4-27/h5-11,17-21,27-28,38,41H,2-4,12-16H2,1H3. The molecule has 0 aromatic carbocycles. The molecular weight excluding hydrogens is 630 g/mol. The molecule has 1 unspecified atom stereocenters. The molecule has 1 saturated heterocycles. The van der Waals surface area contributed by atoms with Crippen LogP contribution < -0.4 is 20.8 Å². The number of carbonyl (C=O) groups is 1. The van der Waals surface area contributed by atoms with Crippen LogP contribution in [0, 0.1) is 0 Å². The van der Waals surface area contributed by atoms with E-state index in [1.807, 2.05) is 48.6 Å². The maximum absolute atomic E-state index is 13.3. The number of aromatic amines is 1. The van der Waals surface area contributed by atoms with Crippen molar-refractivity contribution in [1.82, 2.24) is 25.2 Å². The molecule has 1 aliphatic carbocycles. The Hall–Kier alpha value is -5.04. The number of aromatic nitrogens is 3. The van der Waals surface area contributed by atoms with E-state index in [4.69, 9.17) is 14.5 Å². The molecule has 0 radical (unpaired) electrons. The van der Waals surface area contributed by atoms with Gasteiger partial charge in [0.05, 0.1) is 34.2 Å². The minimum absolute atomic E-state index is 0.0543. The van der Waals surface area contributed by atoms with E-state index in [1.54, 1.807) is 23.1 Å². The van der Waals surface area contributed by atoms with Crippen LogP contribution in [-0.2, 0) is 20.1 Å². The maximum atomic E-state index is 13.3. The number of nitrogens with one attached hydrogen (secondary N) is 2. The molecule has 48 heavy (non-hydrogen) atoms. The Kier molecular flexibility index (Phi) is 7.50. The van der Waals surface area contributed by atoms with E-state index in [1.165, 1.54) is 12.6 Å².